The highest BCUT2D eigenvalue weighted by Gasteiger charge is 2.26. The SMILES string of the molecule is COC(=O)C(C)CN(CC(=O)Nc1cccc(S(=O)(=O)N2CCOCC2)c1)Cc1ccccc1. The molecule has 3 rings (SSSR count). The van der Waals surface area contributed by atoms with Gasteiger partial charge in [-0.05, 0) is 23.8 Å². The van der Waals surface area contributed by atoms with Crippen LogP contribution in [0.3, 0.4) is 0 Å². The average molecular weight is 490 g/mol. The van der Waals surface area contributed by atoms with Crippen LogP contribution in [0, 0.1) is 5.92 Å². The van der Waals surface area contributed by atoms with Gasteiger partial charge in [-0.2, -0.15) is 4.31 Å². The zero-order valence-electron chi connectivity index (χ0n) is 19.5. The molecule has 1 fully saturated rings. The van der Waals surface area contributed by atoms with E-state index in [1.807, 2.05) is 35.2 Å². The number of amides is 1. The summed E-state index contributed by atoms with van der Waals surface area (Å²) >= 11 is 0. The first-order valence-electron chi connectivity index (χ1n) is 11.1. The number of sulfonamides is 1. The summed E-state index contributed by atoms with van der Waals surface area (Å²) in [5.74, 6) is -1.07. The maximum Gasteiger partial charge on any atom is 0.309 e. The van der Waals surface area contributed by atoms with E-state index in [-0.39, 0.29) is 23.3 Å². The Kier molecular flexibility index (Phi) is 9.17. The summed E-state index contributed by atoms with van der Waals surface area (Å²) in [7, 11) is -2.33. The van der Waals surface area contributed by atoms with Crippen LogP contribution in [-0.4, -0.2) is 76.0 Å². The number of ether oxygens (including phenoxy) is 2. The lowest BCUT2D eigenvalue weighted by Crippen LogP contribution is -2.40. The maximum absolute atomic E-state index is 12.9. The first kappa shape index (κ1) is 25.8. The van der Waals surface area contributed by atoms with Crippen molar-refractivity contribution >= 4 is 27.6 Å². The number of hydrogen-bond donors (Lipinski definition) is 1. The first-order valence-corrected chi connectivity index (χ1v) is 12.6. The number of methoxy groups -OCH3 is 1. The van der Waals surface area contributed by atoms with Gasteiger partial charge in [0.15, 0.2) is 0 Å². The van der Waals surface area contributed by atoms with Gasteiger partial charge in [0, 0.05) is 31.9 Å². The smallest absolute Gasteiger partial charge is 0.309 e. The molecule has 0 saturated carbocycles. The Morgan fingerprint density at radius 1 is 1.12 bits per heavy atom. The number of anilines is 1. The molecule has 1 unspecified atom stereocenters. The predicted molar refractivity (Wildman–Crippen MR) is 128 cm³/mol. The molecule has 9 nitrogen and oxygen atoms in total. The summed E-state index contributed by atoms with van der Waals surface area (Å²) < 4.78 is 37.3. The molecule has 2 aromatic carbocycles. The lowest BCUT2D eigenvalue weighted by Gasteiger charge is -2.26. The topological polar surface area (TPSA) is 105 Å². The minimum atomic E-state index is -3.67. The lowest BCUT2D eigenvalue weighted by molar-refractivity contribution is -0.145. The van der Waals surface area contributed by atoms with Crippen molar-refractivity contribution in [2.45, 2.75) is 18.4 Å². The molecular weight excluding hydrogens is 458 g/mol. The van der Waals surface area contributed by atoms with Crippen molar-refractivity contribution in [1.82, 2.24) is 9.21 Å². The van der Waals surface area contributed by atoms with Crippen LogP contribution in [0.15, 0.2) is 59.5 Å². The summed E-state index contributed by atoms with van der Waals surface area (Å²) in [5, 5.41) is 2.79. The fourth-order valence-electron chi connectivity index (χ4n) is 3.76. The molecule has 1 atom stereocenters. The molecule has 1 heterocycles. The molecule has 1 aliphatic rings. The van der Waals surface area contributed by atoms with Crippen LogP contribution < -0.4 is 5.32 Å². The van der Waals surface area contributed by atoms with E-state index in [0.717, 1.165) is 5.56 Å². The number of carbonyl (C=O) groups is 2. The summed E-state index contributed by atoms with van der Waals surface area (Å²) in [6, 6.07) is 15.9. The molecule has 10 heteroatoms. The molecule has 0 bridgehead atoms. The molecule has 0 aliphatic carbocycles. The largest absolute Gasteiger partial charge is 0.469 e. The summed E-state index contributed by atoms with van der Waals surface area (Å²) in [6.45, 7) is 3.89. The van der Waals surface area contributed by atoms with Crippen molar-refractivity contribution in [3.05, 3.63) is 60.2 Å². The van der Waals surface area contributed by atoms with Gasteiger partial charge in [-0.25, -0.2) is 8.42 Å². The second-order valence-corrected chi connectivity index (χ2v) is 10.1. The molecule has 184 valence electrons. The molecule has 1 saturated heterocycles. The number of esters is 1. The quantitative estimate of drug-likeness (QED) is 0.509. The lowest BCUT2D eigenvalue weighted by atomic mass is 10.1. The Hall–Kier alpha value is -2.79. The molecule has 1 aliphatic heterocycles. The third-order valence-corrected chi connectivity index (χ3v) is 7.37. The Morgan fingerprint density at radius 3 is 2.50 bits per heavy atom. The van der Waals surface area contributed by atoms with Crippen LogP contribution in [0.2, 0.25) is 0 Å². The van der Waals surface area contributed by atoms with Gasteiger partial charge in [0.05, 0.1) is 37.7 Å². The van der Waals surface area contributed by atoms with E-state index in [4.69, 9.17) is 9.47 Å². The van der Waals surface area contributed by atoms with Crippen LogP contribution >= 0.6 is 0 Å². The van der Waals surface area contributed by atoms with E-state index in [9.17, 15) is 18.0 Å². The van der Waals surface area contributed by atoms with Crippen molar-refractivity contribution in [2.75, 3.05) is 51.8 Å². The summed E-state index contributed by atoms with van der Waals surface area (Å²) in [4.78, 5) is 26.8. The van der Waals surface area contributed by atoms with Crippen LogP contribution in [0.25, 0.3) is 0 Å². The molecule has 0 aromatic heterocycles. The fourth-order valence-corrected chi connectivity index (χ4v) is 5.22. The van der Waals surface area contributed by atoms with Crippen molar-refractivity contribution < 1.29 is 27.5 Å². The van der Waals surface area contributed by atoms with Gasteiger partial charge in [-0.3, -0.25) is 14.5 Å². The first-order chi connectivity index (χ1) is 16.3. The Balaban J connectivity index is 1.69. The predicted octanol–water partition coefficient (Wildman–Crippen LogP) is 1.96. The second-order valence-electron chi connectivity index (χ2n) is 8.17. The fraction of sp³-hybridized carbons (Fsp3) is 0.417. The highest BCUT2D eigenvalue weighted by Crippen LogP contribution is 2.21. The van der Waals surface area contributed by atoms with Crippen molar-refractivity contribution in [1.29, 1.82) is 0 Å². The van der Waals surface area contributed by atoms with Crippen LogP contribution in [0.4, 0.5) is 5.69 Å². The van der Waals surface area contributed by atoms with Crippen LogP contribution in [0.1, 0.15) is 12.5 Å². The minimum absolute atomic E-state index is 0.0245. The summed E-state index contributed by atoms with van der Waals surface area (Å²) in [5.41, 5.74) is 1.39. The standard InChI is InChI=1S/C24H31N3O6S/c1-19(24(29)32-2)16-26(17-20-7-4-3-5-8-20)18-23(28)25-21-9-6-10-22(15-21)34(30,31)27-11-13-33-14-12-27/h3-10,15,19H,11-14,16-18H2,1-2H3,(H,25,28). The second kappa shape index (κ2) is 12.1. The highest BCUT2D eigenvalue weighted by molar-refractivity contribution is 7.89. The molecular formula is C24H31N3O6S. The zero-order chi connectivity index (χ0) is 24.6. The molecule has 1 N–H and O–H groups in total. The Labute approximate surface area is 200 Å². The van der Waals surface area contributed by atoms with Gasteiger partial charge < -0.3 is 14.8 Å². The van der Waals surface area contributed by atoms with Crippen molar-refractivity contribution in [3.8, 4) is 0 Å². The zero-order valence-corrected chi connectivity index (χ0v) is 20.3. The number of hydrogen-bond acceptors (Lipinski definition) is 7. The van der Waals surface area contributed by atoms with Gasteiger partial charge in [-0.15, -0.1) is 0 Å². The minimum Gasteiger partial charge on any atom is -0.469 e. The molecule has 2 aromatic rings. The third kappa shape index (κ3) is 7.10. The van der Waals surface area contributed by atoms with Crippen molar-refractivity contribution in [3.63, 3.8) is 0 Å². The molecule has 0 spiro atoms. The van der Waals surface area contributed by atoms with Crippen LogP contribution in [0.5, 0.6) is 0 Å². The van der Waals surface area contributed by atoms with E-state index < -0.39 is 15.9 Å². The number of benzene rings is 2. The monoisotopic (exact) mass is 489 g/mol. The van der Waals surface area contributed by atoms with E-state index in [0.29, 0.717) is 45.1 Å². The van der Waals surface area contributed by atoms with Gasteiger partial charge in [0.1, 0.15) is 0 Å². The highest BCUT2D eigenvalue weighted by atomic mass is 32.2. The number of nitrogens with one attached hydrogen (secondary N) is 1. The third-order valence-electron chi connectivity index (χ3n) is 5.48. The number of morpholine rings is 1. The van der Waals surface area contributed by atoms with E-state index in [1.54, 1.807) is 19.1 Å². The Morgan fingerprint density at radius 2 is 1.82 bits per heavy atom. The molecule has 1 amide bonds. The molecule has 34 heavy (non-hydrogen) atoms. The van der Waals surface area contributed by atoms with Gasteiger partial charge in [0.25, 0.3) is 0 Å². The van der Waals surface area contributed by atoms with E-state index in [1.165, 1.54) is 23.5 Å². The summed E-state index contributed by atoms with van der Waals surface area (Å²) in [6.07, 6.45) is 0. The van der Waals surface area contributed by atoms with Gasteiger partial charge in [-0.1, -0.05) is 43.3 Å². The number of carbonyl (C=O) groups excluding carboxylic acids is 2. The number of rotatable bonds is 10. The number of nitrogens with zero attached hydrogens (tertiary/aromatic N) is 2. The van der Waals surface area contributed by atoms with E-state index in [2.05, 4.69) is 5.32 Å². The maximum atomic E-state index is 12.9. The normalized spacial score (nSPS) is 15.6. The van der Waals surface area contributed by atoms with Gasteiger partial charge in [0.2, 0.25) is 15.9 Å². The van der Waals surface area contributed by atoms with E-state index >= 15 is 0 Å². The van der Waals surface area contributed by atoms with Crippen LogP contribution in [-0.2, 0) is 35.6 Å². The molecule has 0 radical (unpaired) electrons. The van der Waals surface area contributed by atoms with Crippen molar-refractivity contribution in [2.24, 2.45) is 5.92 Å². The average Bonchev–Trinajstić information content (AvgIpc) is 2.84. The Bertz CT molecular complexity index is 1070. The van der Waals surface area contributed by atoms with Gasteiger partial charge >= 0.3 is 5.97 Å².